The standard InChI is InChI=1S/C25H27FN4O3S/c1-24(2,3)33-23(31)29-10-8-18-12-21-17(14-28-30(21)20-6-4-19(26)5-7-20)13-25(18,15-29)16-32-22-27-9-11-34-22/h4-7,9,11-12,14H,8,10,13,15-16H2,1-3H3/t25-/m1/s1. The Labute approximate surface area is 201 Å². The molecule has 0 saturated carbocycles. The van der Waals surface area contributed by atoms with Gasteiger partial charge in [-0.1, -0.05) is 16.9 Å². The molecule has 0 spiro atoms. The highest BCUT2D eigenvalue weighted by Crippen LogP contribution is 2.45. The molecule has 1 aromatic carbocycles. The van der Waals surface area contributed by atoms with E-state index in [1.165, 1.54) is 29.0 Å². The highest BCUT2D eigenvalue weighted by atomic mass is 32.1. The van der Waals surface area contributed by atoms with Crippen molar-refractivity contribution in [2.75, 3.05) is 19.7 Å². The number of aromatic nitrogens is 3. The summed E-state index contributed by atoms with van der Waals surface area (Å²) in [5.41, 5.74) is 3.08. The van der Waals surface area contributed by atoms with Crippen LogP contribution in [0.25, 0.3) is 11.8 Å². The van der Waals surface area contributed by atoms with Crippen molar-refractivity contribution in [3.8, 4) is 10.9 Å². The second-order valence-electron chi connectivity index (χ2n) is 9.81. The topological polar surface area (TPSA) is 69.5 Å². The normalized spacial score (nSPS) is 19.8. The van der Waals surface area contributed by atoms with E-state index in [0.29, 0.717) is 37.7 Å². The van der Waals surface area contributed by atoms with Gasteiger partial charge in [-0.3, -0.25) is 0 Å². The monoisotopic (exact) mass is 482 g/mol. The number of hydrogen-bond donors (Lipinski definition) is 0. The van der Waals surface area contributed by atoms with Crippen LogP contribution in [-0.2, 0) is 11.2 Å². The Morgan fingerprint density at radius 1 is 1.26 bits per heavy atom. The molecule has 34 heavy (non-hydrogen) atoms. The fraction of sp³-hybridized carbons (Fsp3) is 0.400. The van der Waals surface area contributed by atoms with Gasteiger partial charge < -0.3 is 14.4 Å². The summed E-state index contributed by atoms with van der Waals surface area (Å²) in [6.45, 7) is 7.07. The van der Waals surface area contributed by atoms with Gasteiger partial charge >= 0.3 is 6.09 Å². The average molecular weight is 483 g/mol. The Bertz CT molecular complexity index is 1210. The lowest BCUT2D eigenvalue weighted by atomic mass is 9.69. The molecule has 0 N–H and O–H groups in total. The second-order valence-corrected chi connectivity index (χ2v) is 10.7. The number of rotatable bonds is 4. The minimum atomic E-state index is -0.562. The van der Waals surface area contributed by atoms with Crippen molar-refractivity contribution in [2.24, 2.45) is 5.41 Å². The van der Waals surface area contributed by atoms with E-state index in [0.717, 1.165) is 16.9 Å². The van der Waals surface area contributed by atoms with Gasteiger partial charge in [0.05, 0.1) is 17.6 Å². The van der Waals surface area contributed by atoms with E-state index >= 15 is 0 Å². The van der Waals surface area contributed by atoms with Gasteiger partial charge in [0, 0.05) is 30.1 Å². The molecule has 2 aliphatic rings. The van der Waals surface area contributed by atoms with Crippen LogP contribution in [0.15, 0.2) is 47.6 Å². The van der Waals surface area contributed by atoms with Gasteiger partial charge in [0.15, 0.2) is 0 Å². The van der Waals surface area contributed by atoms with Crippen LogP contribution >= 0.6 is 11.3 Å². The second kappa shape index (κ2) is 8.54. The number of nitrogens with zero attached hydrogens (tertiary/aromatic N) is 4. The molecule has 1 amide bonds. The zero-order valence-electron chi connectivity index (χ0n) is 19.5. The van der Waals surface area contributed by atoms with Crippen LogP contribution in [0.3, 0.4) is 0 Å². The van der Waals surface area contributed by atoms with Gasteiger partial charge in [0.2, 0.25) is 0 Å². The lowest BCUT2D eigenvalue weighted by Gasteiger charge is -2.46. The van der Waals surface area contributed by atoms with Crippen molar-refractivity contribution in [1.82, 2.24) is 19.7 Å². The number of ether oxygens (including phenoxy) is 2. The summed E-state index contributed by atoms with van der Waals surface area (Å²) in [6, 6.07) is 6.31. The van der Waals surface area contributed by atoms with Crippen LogP contribution < -0.4 is 4.74 Å². The summed E-state index contributed by atoms with van der Waals surface area (Å²) >= 11 is 1.45. The Hall–Kier alpha value is -3.20. The molecule has 1 saturated heterocycles. The third-order valence-electron chi connectivity index (χ3n) is 6.16. The summed E-state index contributed by atoms with van der Waals surface area (Å²) in [4.78, 5) is 18.9. The highest BCUT2D eigenvalue weighted by molar-refractivity contribution is 7.11. The fourth-order valence-electron chi connectivity index (χ4n) is 4.61. The highest BCUT2D eigenvalue weighted by Gasteiger charge is 2.45. The zero-order valence-corrected chi connectivity index (χ0v) is 20.3. The zero-order chi connectivity index (χ0) is 23.9. The summed E-state index contributed by atoms with van der Waals surface area (Å²) < 4.78 is 27.1. The number of benzene rings is 1. The van der Waals surface area contributed by atoms with E-state index in [-0.39, 0.29) is 11.9 Å². The van der Waals surface area contributed by atoms with Crippen molar-refractivity contribution >= 4 is 23.5 Å². The molecule has 3 aromatic rings. The molecule has 178 valence electrons. The van der Waals surface area contributed by atoms with E-state index < -0.39 is 11.0 Å². The first-order chi connectivity index (χ1) is 16.2. The van der Waals surface area contributed by atoms with Crippen LogP contribution in [0, 0.1) is 11.2 Å². The molecule has 3 heterocycles. The lowest BCUT2D eigenvalue weighted by Crippen LogP contribution is -2.52. The van der Waals surface area contributed by atoms with E-state index in [1.54, 1.807) is 23.2 Å². The molecule has 5 rings (SSSR count). The molecule has 0 unspecified atom stereocenters. The smallest absolute Gasteiger partial charge is 0.410 e. The molecule has 1 aliphatic carbocycles. The van der Waals surface area contributed by atoms with Crippen molar-refractivity contribution in [3.05, 3.63) is 64.7 Å². The third kappa shape index (κ3) is 4.44. The molecule has 0 radical (unpaired) electrons. The van der Waals surface area contributed by atoms with Crippen LogP contribution in [-0.4, -0.2) is 51.1 Å². The maximum Gasteiger partial charge on any atom is 0.410 e. The van der Waals surface area contributed by atoms with Crippen molar-refractivity contribution < 1.29 is 18.7 Å². The lowest BCUT2D eigenvalue weighted by molar-refractivity contribution is 0.00745. The number of halogens is 1. The maximum atomic E-state index is 13.4. The van der Waals surface area contributed by atoms with Gasteiger partial charge in [-0.2, -0.15) is 5.10 Å². The molecule has 1 aliphatic heterocycles. The minimum Gasteiger partial charge on any atom is -0.469 e. The van der Waals surface area contributed by atoms with E-state index in [9.17, 15) is 9.18 Å². The largest absolute Gasteiger partial charge is 0.469 e. The van der Waals surface area contributed by atoms with E-state index in [4.69, 9.17) is 9.47 Å². The summed E-state index contributed by atoms with van der Waals surface area (Å²) in [5, 5.41) is 7.08. The third-order valence-corrected chi connectivity index (χ3v) is 6.84. The SMILES string of the molecule is CC(C)(C)OC(=O)N1CCC2=Cc3c(cnn3-c3ccc(F)cc3)C[C@]2(COc2nccs2)C1. The first-order valence-corrected chi connectivity index (χ1v) is 12.1. The van der Waals surface area contributed by atoms with Gasteiger partial charge in [0.1, 0.15) is 18.0 Å². The van der Waals surface area contributed by atoms with Crippen LogP contribution in [0.1, 0.15) is 38.4 Å². The Morgan fingerprint density at radius 2 is 2.06 bits per heavy atom. The van der Waals surface area contributed by atoms with Gasteiger partial charge in [0.25, 0.3) is 5.19 Å². The van der Waals surface area contributed by atoms with Crippen LogP contribution in [0.2, 0.25) is 0 Å². The predicted molar refractivity (Wildman–Crippen MR) is 128 cm³/mol. The Morgan fingerprint density at radius 3 is 2.76 bits per heavy atom. The molecule has 1 atom stereocenters. The Kier molecular flexibility index (Phi) is 5.67. The first kappa shape index (κ1) is 22.6. The average Bonchev–Trinajstić information content (AvgIpc) is 3.45. The van der Waals surface area contributed by atoms with Crippen molar-refractivity contribution in [1.29, 1.82) is 0 Å². The number of thiazole rings is 1. The molecular weight excluding hydrogens is 455 g/mol. The number of likely N-dealkylation sites (tertiary alicyclic amines) is 1. The molecular formula is C25H27FN4O3S. The van der Waals surface area contributed by atoms with Gasteiger partial charge in [-0.25, -0.2) is 18.9 Å². The Balaban J connectivity index is 1.47. The number of carbonyl (C=O) groups excluding carboxylic acids is 1. The van der Waals surface area contributed by atoms with E-state index in [2.05, 4.69) is 16.2 Å². The first-order valence-electron chi connectivity index (χ1n) is 11.3. The van der Waals surface area contributed by atoms with Crippen molar-refractivity contribution in [2.45, 2.75) is 39.2 Å². The maximum absolute atomic E-state index is 13.4. The summed E-state index contributed by atoms with van der Waals surface area (Å²) in [6.07, 6.45) is 6.78. The summed E-state index contributed by atoms with van der Waals surface area (Å²) in [7, 11) is 0. The van der Waals surface area contributed by atoms with Gasteiger partial charge in [-0.15, -0.1) is 0 Å². The van der Waals surface area contributed by atoms with Crippen molar-refractivity contribution in [3.63, 3.8) is 0 Å². The molecule has 0 bridgehead atoms. The number of hydrogen-bond acceptors (Lipinski definition) is 6. The number of amides is 1. The molecule has 7 nitrogen and oxygen atoms in total. The fourth-order valence-corrected chi connectivity index (χ4v) is 5.10. The summed E-state index contributed by atoms with van der Waals surface area (Å²) in [5.74, 6) is -0.281. The van der Waals surface area contributed by atoms with Gasteiger partial charge in [-0.05, 0) is 69.5 Å². The number of fused-ring (bicyclic) bond motifs is 2. The van der Waals surface area contributed by atoms with Crippen LogP contribution in [0.5, 0.6) is 5.19 Å². The van der Waals surface area contributed by atoms with E-state index in [1.807, 2.05) is 37.0 Å². The molecule has 9 heteroatoms. The number of piperidine rings is 1. The quantitative estimate of drug-likeness (QED) is 0.517. The minimum absolute atomic E-state index is 0.281. The number of carbonyl (C=O) groups is 1. The molecule has 1 fully saturated rings. The predicted octanol–water partition coefficient (Wildman–Crippen LogP) is 5.11. The molecule has 2 aromatic heterocycles. The van der Waals surface area contributed by atoms with Crippen LogP contribution in [0.4, 0.5) is 9.18 Å².